The van der Waals surface area contributed by atoms with Crippen molar-refractivity contribution in [2.24, 2.45) is 0 Å². The Kier molecular flexibility index (Phi) is 2.87. The molecule has 0 fully saturated rings. The van der Waals surface area contributed by atoms with Crippen LogP contribution >= 0.6 is 0 Å². The quantitative estimate of drug-likeness (QED) is 0.646. The van der Waals surface area contributed by atoms with Gasteiger partial charge >= 0.3 is 5.63 Å². The van der Waals surface area contributed by atoms with E-state index in [9.17, 15) is 4.79 Å². The van der Waals surface area contributed by atoms with E-state index >= 15 is 0 Å². The summed E-state index contributed by atoms with van der Waals surface area (Å²) in [4.78, 5) is 12.8. The third-order valence-corrected chi connectivity index (χ3v) is 3.47. The molecular formula is C15H16NO3+. The number of rotatable bonds is 2. The molecule has 1 aromatic heterocycles. The SMILES string of the molecule is C=CC[NH+]1COc2ccc3c(C)cc(=O)oc3c2C1. The fraction of sp³-hybridized carbons (Fsp3) is 0.267. The van der Waals surface area contributed by atoms with Gasteiger partial charge in [0.2, 0.25) is 6.73 Å². The summed E-state index contributed by atoms with van der Waals surface area (Å²) in [5.74, 6) is 0.814. The van der Waals surface area contributed by atoms with E-state index in [1.165, 1.54) is 11.0 Å². The molecule has 98 valence electrons. The third kappa shape index (κ3) is 2.04. The van der Waals surface area contributed by atoms with E-state index in [0.29, 0.717) is 12.3 Å². The minimum atomic E-state index is -0.311. The van der Waals surface area contributed by atoms with Crippen LogP contribution in [-0.4, -0.2) is 13.3 Å². The second-order valence-electron chi connectivity index (χ2n) is 4.88. The Morgan fingerprint density at radius 3 is 3.11 bits per heavy atom. The zero-order valence-electron chi connectivity index (χ0n) is 10.9. The van der Waals surface area contributed by atoms with Crippen molar-refractivity contribution in [2.75, 3.05) is 13.3 Å². The van der Waals surface area contributed by atoms with E-state index in [0.717, 1.165) is 35.4 Å². The van der Waals surface area contributed by atoms with Crippen LogP contribution in [0.25, 0.3) is 11.0 Å². The van der Waals surface area contributed by atoms with Gasteiger partial charge in [0.25, 0.3) is 0 Å². The Balaban J connectivity index is 2.19. The first-order chi connectivity index (χ1) is 9.19. The fourth-order valence-corrected chi connectivity index (χ4v) is 2.54. The average Bonchev–Trinajstić information content (AvgIpc) is 2.39. The van der Waals surface area contributed by atoms with Crippen LogP contribution in [0.4, 0.5) is 0 Å². The number of hydrogen-bond acceptors (Lipinski definition) is 3. The highest BCUT2D eigenvalue weighted by atomic mass is 16.5. The van der Waals surface area contributed by atoms with Crippen LogP contribution in [0.5, 0.6) is 5.75 Å². The van der Waals surface area contributed by atoms with Gasteiger partial charge in [-0.15, -0.1) is 0 Å². The maximum atomic E-state index is 11.6. The molecule has 1 atom stereocenters. The molecule has 4 heteroatoms. The number of hydrogen-bond donors (Lipinski definition) is 1. The van der Waals surface area contributed by atoms with Crippen LogP contribution in [0.3, 0.4) is 0 Å². The lowest BCUT2D eigenvalue weighted by molar-refractivity contribution is -0.926. The molecule has 1 aliphatic heterocycles. The maximum absolute atomic E-state index is 11.6. The molecule has 1 aliphatic rings. The molecule has 0 saturated heterocycles. The van der Waals surface area contributed by atoms with Crippen molar-refractivity contribution in [3.05, 3.63) is 52.4 Å². The van der Waals surface area contributed by atoms with Gasteiger partial charge in [-0.1, -0.05) is 6.58 Å². The molecule has 2 aromatic rings. The lowest BCUT2D eigenvalue weighted by atomic mass is 10.1. The highest BCUT2D eigenvalue weighted by molar-refractivity contribution is 5.84. The van der Waals surface area contributed by atoms with E-state index in [1.807, 2.05) is 25.1 Å². The molecule has 0 radical (unpaired) electrons. The number of fused-ring (bicyclic) bond motifs is 3. The zero-order valence-corrected chi connectivity index (χ0v) is 10.9. The van der Waals surface area contributed by atoms with E-state index in [2.05, 4.69) is 6.58 Å². The average molecular weight is 258 g/mol. The molecule has 2 heterocycles. The summed E-state index contributed by atoms with van der Waals surface area (Å²) >= 11 is 0. The molecular weight excluding hydrogens is 242 g/mol. The lowest BCUT2D eigenvalue weighted by Crippen LogP contribution is -3.12. The van der Waals surface area contributed by atoms with Gasteiger partial charge < -0.3 is 9.15 Å². The van der Waals surface area contributed by atoms with Crippen LogP contribution in [0.15, 0.2) is 40.1 Å². The predicted molar refractivity (Wildman–Crippen MR) is 72.4 cm³/mol. The Morgan fingerprint density at radius 1 is 1.47 bits per heavy atom. The largest absolute Gasteiger partial charge is 0.445 e. The summed E-state index contributed by atoms with van der Waals surface area (Å²) in [5, 5.41) is 0.974. The minimum Gasteiger partial charge on any atom is -0.445 e. The molecule has 1 aromatic carbocycles. The normalized spacial score (nSPS) is 17.8. The monoisotopic (exact) mass is 258 g/mol. The van der Waals surface area contributed by atoms with Gasteiger partial charge in [0, 0.05) is 11.5 Å². The van der Waals surface area contributed by atoms with Gasteiger partial charge in [-0.25, -0.2) is 4.79 Å². The number of nitrogens with one attached hydrogen (secondary N) is 1. The van der Waals surface area contributed by atoms with Gasteiger partial charge in [0.15, 0.2) is 5.58 Å². The van der Waals surface area contributed by atoms with Gasteiger partial charge in [-0.2, -0.15) is 0 Å². The standard InChI is InChI=1S/C15H15NO3/c1-3-6-16-8-12-13(18-9-16)5-4-11-10(2)7-14(17)19-15(11)12/h3-5,7H,1,6,8-9H2,2H3/p+1. The molecule has 0 saturated carbocycles. The van der Waals surface area contributed by atoms with Crippen molar-refractivity contribution in [3.8, 4) is 5.75 Å². The number of aryl methyl sites for hydroxylation is 1. The van der Waals surface area contributed by atoms with Gasteiger partial charge in [-0.05, 0) is 30.7 Å². The van der Waals surface area contributed by atoms with Crippen LogP contribution in [0.1, 0.15) is 11.1 Å². The maximum Gasteiger partial charge on any atom is 0.336 e. The summed E-state index contributed by atoms with van der Waals surface area (Å²) in [6.45, 7) is 7.89. The summed E-state index contributed by atoms with van der Waals surface area (Å²) in [7, 11) is 0. The first-order valence-electron chi connectivity index (χ1n) is 6.32. The molecule has 1 unspecified atom stereocenters. The molecule has 4 nitrogen and oxygen atoms in total. The highest BCUT2D eigenvalue weighted by Gasteiger charge is 2.23. The van der Waals surface area contributed by atoms with Gasteiger partial charge in [0.1, 0.15) is 12.3 Å². The van der Waals surface area contributed by atoms with Crippen molar-refractivity contribution >= 4 is 11.0 Å². The van der Waals surface area contributed by atoms with Crippen molar-refractivity contribution in [1.29, 1.82) is 0 Å². The van der Waals surface area contributed by atoms with Crippen LogP contribution in [0, 0.1) is 6.92 Å². The Labute approximate surface area is 110 Å². The Morgan fingerprint density at radius 2 is 2.32 bits per heavy atom. The molecule has 0 bridgehead atoms. The van der Waals surface area contributed by atoms with E-state index in [4.69, 9.17) is 9.15 Å². The minimum absolute atomic E-state index is 0.311. The Bertz CT molecular complexity index is 702. The van der Waals surface area contributed by atoms with Crippen molar-refractivity contribution in [1.82, 2.24) is 0 Å². The zero-order chi connectivity index (χ0) is 13.4. The fourth-order valence-electron chi connectivity index (χ4n) is 2.54. The van der Waals surface area contributed by atoms with E-state index in [1.54, 1.807) is 0 Å². The Hall–Kier alpha value is -2.07. The molecule has 0 spiro atoms. The number of benzene rings is 1. The van der Waals surface area contributed by atoms with Crippen molar-refractivity contribution < 1.29 is 14.1 Å². The molecule has 1 N–H and O–H groups in total. The van der Waals surface area contributed by atoms with Crippen molar-refractivity contribution in [2.45, 2.75) is 13.5 Å². The molecule has 0 aliphatic carbocycles. The second kappa shape index (κ2) is 4.55. The topological polar surface area (TPSA) is 43.9 Å². The third-order valence-electron chi connectivity index (χ3n) is 3.47. The van der Waals surface area contributed by atoms with Crippen molar-refractivity contribution in [3.63, 3.8) is 0 Å². The summed E-state index contributed by atoms with van der Waals surface area (Å²) in [5.41, 5.74) is 2.25. The smallest absolute Gasteiger partial charge is 0.336 e. The lowest BCUT2D eigenvalue weighted by Gasteiger charge is -2.25. The van der Waals surface area contributed by atoms with Gasteiger partial charge in [-0.3, -0.25) is 4.90 Å². The number of ether oxygens (including phenoxy) is 1. The second-order valence-corrected chi connectivity index (χ2v) is 4.88. The van der Waals surface area contributed by atoms with Crippen LogP contribution in [-0.2, 0) is 6.54 Å². The summed E-state index contributed by atoms with van der Waals surface area (Å²) in [6.07, 6.45) is 1.87. The first-order valence-corrected chi connectivity index (χ1v) is 6.32. The summed E-state index contributed by atoms with van der Waals surface area (Å²) < 4.78 is 11.1. The van der Waals surface area contributed by atoms with E-state index in [-0.39, 0.29) is 5.63 Å². The number of quaternary nitrogens is 1. The molecule has 3 rings (SSSR count). The predicted octanol–water partition coefficient (Wildman–Crippen LogP) is 1.02. The summed E-state index contributed by atoms with van der Waals surface area (Å²) in [6, 6.07) is 5.42. The van der Waals surface area contributed by atoms with Crippen LogP contribution < -0.4 is 15.3 Å². The van der Waals surface area contributed by atoms with Crippen LogP contribution in [0.2, 0.25) is 0 Å². The molecule has 0 amide bonds. The highest BCUT2D eigenvalue weighted by Crippen LogP contribution is 2.29. The van der Waals surface area contributed by atoms with Gasteiger partial charge in [0.05, 0.1) is 12.1 Å². The first kappa shape index (κ1) is 12.0. The molecule has 19 heavy (non-hydrogen) atoms. The van der Waals surface area contributed by atoms with E-state index < -0.39 is 0 Å².